The molecule has 9 nitrogen and oxygen atoms in total. The summed E-state index contributed by atoms with van der Waals surface area (Å²) < 4.78 is 43.0. The Bertz CT molecular complexity index is 1080. The van der Waals surface area contributed by atoms with Crippen LogP contribution in [0.5, 0.6) is 5.75 Å². The van der Waals surface area contributed by atoms with Crippen molar-refractivity contribution in [1.29, 1.82) is 0 Å². The number of piperidine rings is 1. The van der Waals surface area contributed by atoms with Crippen molar-refractivity contribution in [3.8, 4) is 5.75 Å². The van der Waals surface area contributed by atoms with Crippen LogP contribution in [0.25, 0.3) is 0 Å². The van der Waals surface area contributed by atoms with Gasteiger partial charge in [-0.25, -0.2) is 17.9 Å². The lowest BCUT2D eigenvalue weighted by atomic mass is 10.1. The van der Waals surface area contributed by atoms with Crippen molar-refractivity contribution in [1.82, 2.24) is 9.62 Å². The van der Waals surface area contributed by atoms with Gasteiger partial charge in [-0.15, -0.1) is 0 Å². The van der Waals surface area contributed by atoms with Crippen LogP contribution in [0.2, 0.25) is 10.0 Å². The SMILES string of the molecule is COC(=O)c1cc(S(=O)(=O)NC[C@@H](O)CN2CCC(Oc3ccc(Cl)c(Cl)c3)CC2)oc1C. The van der Waals surface area contributed by atoms with Gasteiger partial charge < -0.3 is 23.9 Å². The second-order valence-electron chi connectivity index (χ2n) is 7.73. The van der Waals surface area contributed by atoms with E-state index in [0.717, 1.165) is 18.9 Å². The maximum Gasteiger partial charge on any atom is 0.341 e. The third-order valence-corrected chi connectivity index (χ3v) is 7.29. The van der Waals surface area contributed by atoms with Crippen LogP contribution in [0, 0.1) is 6.92 Å². The Morgan fingerprint density at radius 3 is 2.61 bits per heavy atom. The molecular formula is C21H26Cl2N2O7S. The number of methoxy groups -OCH3 is 1. The number of aliphatic hydroxyl groups is 1. The summed E-state index contributed by atoms with van der Waals surface area (Å²) in [5, 5.41) is 10.8. The second kappa shape index (κ2) is 11.1. The van der Waals surface area contributed by atoms with Crippen molar-refractivity contribution in [2.75, 3.05) is 33.3 Å². The van der Waals surface area contributed by atoms with Gasteiger partial charge in [0.15, 0.2) is 0 Å². The summed E-state index contributed by atoms with van der Waals surface area (Å²) in [5.41, 5.74) is 0.0318. The molecule has 0 saturated carbocycles. The molecule has 182 valence electrons. The molecule has 1 fully saturated rings. The molecule has 1 aromatic heterocycles. The number of nitrogens with zero attached hydrogens (tertiary/aromatic N) is 1. The monoisotopic (exact) mass is 520 g/mol. The predicted molar refractivity (Wildman–Crippen MR) is 123 cm³/mol. The van der Waals surface area contributed by atoms with E-state index in [-0.39, 0.29) is 24.0 Å². The van der Waals surface area contributed by atoms with E-state index in [2.05, 4.69) is 9.46 Å². The fourth-order valence-corrected chi connectivity index (χ4v) is 4.84. The Labute approximate surface area is 202 Å². The summed E-state index contributed by atoms with van der Waals surface area (Å²) in [7, 11) is -2.84. The molecule has 1 saturated heterocycles. The van der Waals surface area contributed by atoms with E-state index in [1.807, 2.05) is 4.90 Å². The average Bonchev–Trinajstić information content (AvgIpc) is 3.18. The Morgan fingerprint density at radius 1 is 1.27 bits per heavy atom. The molecule has 1 aromatic carbocycles. The number of aryl methyl sites for hydroxylation is 1. The number of sulfonamides is 1. The molecule has 0 aliphatic carbocycles. The summed E-state index contributed by atoms with van der Waals surface area (Å²) in [6, 6.07) is 6.24. The number of rotatable bonds is 9. The van der Waals surface area contributed by atoms with Gasteiger partial charge in [-0.05, 0) is 31.9 Å². The largest absolute Gasteiger partial charge is 0.490 e. The molecule has 0 unspecified atom stereocenters. The van der Waals surface area contributed by atoms with Crippen molar-refractivity contribution in [2.45, 2.75) is 37.1 Å². The van der Waals surface area contributed by atoms with E-state index < -0.39 is 27.2 Å². The molecule has 1 aliphatic heterocycles. The van der Waals surface area contributed by atoms with Gasteiger partial charge in [-0.1, -0.05) is 23.2 Å². The van der Waals surface area contributed by atoms with Gasteiger partial charge in [0.05, 0.1) is 23.3 Å². The Kier molecular flexibility index (Phi) is 8.65. The number of carbonyl (C=O) groups is 1. The second-order valence-corrected chi connectivity index (χ2v) is 10.2. The molecule has 12 heteroatoms. The highest BCUT2D eigenvalue weighted by atomic mass is 35.5. The molecule has 1 atom stereocenters. The quantitative estimate of drug-likeness (QED) is 0.484. The third-order valence-electron chi connectivity index (χ3n) is 5.27. The zero-order valence-corrected chi connectivity index (χ0v) is 20.5. The van der Waals surface area contributed by atoms with Gasteiger partial charge in [0.1, 0.15) is 23.2 Å². The molecular weight excluding hydrogens is 495 g/mol. The molecule has 2 heterocycles. The van der Waals surface area contributed by atoms with E-state index in [9.17, 15) is 18.3 Å². The zero-order chi connectivity index (χ0) is 24.2. The van der Waals surface area contributed by atoms with Crippen LogP contribution < -0.4 is 9.46 Å². The Hall–Kier alpha value is -1.82. The minimum absolute atomic E-state index is 0.0142. The number of benzene rings is 1. The number of ether oxygens (including phenoxy) is 2. The van der Waals surface area contributed by atoms with E-state index in [4.69, 9.17) is 32.4 Å². The van der Waals surface area contributed by atoms with Crippen LogP contribution in [0.15, 0.2) is 33.8 Å². The number of nitrogens with one attached hydrogen (secondary N) is 1. The van der Waals surface area contributed by atoms with Gasteiger partial charge in [-0.3, -0.25) is 0 Å². The highest BCUT2D eigenvalue weighted by Gasteiger charge is 2.26. The van der Waals surface area contributed by atoms with E-state index in [1.54, 1.807) is 18.2 Å². The number of β-amino-alcohol motifs (C(OH)–C–C–N with tert-alkyl or cyclic N) is 1. The first kappa shape index (κ1) is 25.8. The van der Waals surface area contributed by atoms with E-state index >= 15 is 0 Å². The van der Waals surface area contributed by atoms with Crippen LogP contribution in [0.3, 0.4) is 0 Å². The smallest absolute Gasteiger partial charge is 0.341 e. The van der Waals surface area contributed by atoms with Crippen molar-refractivity contribution >= 4 is 39.2 Å². The first-order chi connectivity index (χ1) is 15.6. The first-order valence-electron chi connectivity index (χ1n) is 10.3. The van der Waals surface area contributed by atoms with Gasteiger partial charge in [0.25, 0.3) is 10.0 Å². The number of aliphatic hydroxyl groups excluding tert-OH is 1. The lowest BCUT2D eigenvalue weighted by Gasteiger charge is -2.33. The average molecular weight is 521 g/mol. The van der Waals surface area contributed by atoms with Gasteiger partial charge in [0.2, 0.25) is 5.09 Å². The third kappa shape index (κ3) is 6.84. The number of hydrogen-bond donors (Lipinski definition) is 2. The zero-order valence-electron chi connectivity index (χ0n) is 18.2. The van der Waals surface area contributed by atoms with Gasteiger partial charge in [-0.2, -0.15) is 0 Å². The number of hydrogen-bond acceptors (Lipinski definition) is 8. The summed E-state index contributed by atoms with van der Waals surface area (Å²) >= 11 is 11.9. The molecule has 33 heavy (non-hydrogen) atoms. The highest BCUT2D eigenvalue weighted by molar-refractivity contribution is 7.89. The molecule has 2 aromatic rings. The van der Waals surface area contributed by atoms with Crippen LogP contribution >= 0.6 is 23.2 Å². The maximum absolute atomic E-state index is 12.5. The molecule has 3 rings (SSSR count). The van der Waals surface area contributed by atoms with Gasteiger partial charge >= 0.3 is 5.97 Å². The first-order valence-corrected chi connectivity index (χ1v) is 12.5. The highest BCUT2D eigenvalue weighted by Crippen LogP contribution is 2.28. The van der Waals surface area contributed by atoms with E-state index in [1.165, 1.54) is 14.0 Å². The molecule has 0 spiro atoms. The van der Waals surface area contributed by atoms with Crippen molar-refractivity contribution in [3.05, 3.63) is 45.6 Å². The number of carbonyl (C=O) groups excluding carboxylic acids is 1. The summed E-state index contributed by atoms with van der Waals surface area (Å²) in [4.78, 5) is 13.7. The molecule has 0 radical (unpaired) electrons. The predicted octanol–water partition coefficient (Wildman–Crippen LogP) is 2.86. The lowest BCUT2D eigenvalue weighted by Crippen LogP contribution is -2.44. The number of likely N-dealkylation sites (tertiary alicyclic amines) is 1. The van der Waals surface area contributed by atoms with E-state index in [0.29, 0.717) is 35.4 Å². The number of halogens is 2. The fourth-order valence-electron chi connectivity index (χ4n) is 3.49. The van der Waals surface area contributed by atoms with Crippen LogP contribution in [-0.4, -0.2) is 69.9 Å². The number of esters is 1. The normalized spacial score (nSPS) is 16.5. The molecule has 2 N–H and O–H groups in total. The van der Waals surface area contributed by atoms with Crippen molar-refractivity contribution < 1.29 is 32.2 Å². The van der Waals surface area contributed by atoms with Gasteiger partial charge in [0, 0.05) is 38.3 Å². The van der Waals surface area contributed by atoms with Crippen molar-refractivity contribution in [3.63, 3.8) is 0 Å². The molecule has 0 bridgehead atoms. The minimum Gasteiger partial charge on any atom is -0.490 e. The summed E-state index contributed by atoms with van der Waals surface area (Å²) in [6.07, 6.45) is 0.588. The van der Waals surface area contributed by atoms with Crippen LogP contribution in [-0.2, 0) is 14.8 Å². The Balaban J connectivity index is 1.45. The molecule has 0 amide bonds. The van der Waals surface area contributed by atoms with Crippen molar-refractivity contribution in [2.24, 2.45) is 0 Å². The molecule has 1 aliphatic rings. The summed E-state index contributed by atoms with van der Waals surface area (Å²) in [5.74, 6) is 0.0961. The topological polar surface area (TPSA) is 118 Å². The fraction of sp³-hybridized carbons (Fsp3) is 0.476. The standard InChI is InChI=1S/C21H26Cl2N2O7S/c1-13-17(21(27)30-2)10-20(31-13)33(28,29)24-11-14(26)12-25-7-5-15(6-8-25)32-16-3-4-18(22)19(23)9-16/h3-4,9-10,14-15,24,26H,5-8,11-12H2,1-2H3/t14-/m1/s1. The Morgan fingerprint density at radius 2 is 1.97 bits per heavy atom. The minimum atomic E-state index is -4.03. The summed E-state index contributed by atoms with van der Waals surface area (Å²) in [6.45, 7) is 2.95. The number of furan rings is 1. The maximum atomic E-state index is 12.5. The van der Waals surface area contributed by atoms with Crippen LogP contribution in [0.1, 0.15) is 29.0 Å². The lowest BCUT2D eigenvalue weighted by molar-refractivity contribution is 0.0598. The van der Waals surface area contributed by atoms with Crippen LogP contribution in [0.4, 0.5) is 0 Å².